The van der Waals surface area contributed by atoms with E-state index < -0.39 is 0 Å². The molecule has 0 unspecified atom stereocenters. The molecule has 114 valence electrons. The summed E-state index contributed by atoms with van der Waals surface area (Å²) in [6, 6.07) is 19.1. The lowest BCUT2D eigenvalue weighted by Gasteiger charge is -2.31. The van der Waals surface area contributed by atoms with Crippen molar-refractivity contribution in [1.82, 2.24) is 4.90 Å². The summed E-state index contributed by atoms with van der Waals surface area (Å²) in [5, 5.41) is 10.6. The third-order valence-electron chi connectivity index (χ3n) is 4.47. The Balaban J connectivity index is 1.79. The van der Waals surface area contributed by atoms with Crippen molar-refractivity contribution in [2.24, 2.45) is 0 Å². The van der Waals surface area contributed by atoms with Crippen molar-refractivity contribution < 1.29 is 5.11 Å². The van der Waals surface area contributed by atoms with E-state index in [1.165, 1.54) is 16.7 Å². The standard InChI is InChI=1S/C20H23NO/c1-2-8-20(22)19(13-16-9-4-3-5-10-16)21-14-17-11-6-7-12-18(17)15-21/h2-7,9-12,19-20,22H,1,8,13-15H2/t19-,20-/m0/s1. The first-order chi connectivity index (χ1) is 10.8. The predicted octanol–water partition coefficient (Wildman–Crippen LogP) is 3.55. The van der Waals surface area contributed by atoms with Crippen molar-refractivity contribution >= 4 is 0 Å². The summed E-state index contributed by atoms with van der Waals surface area (Å²) in [7, 11) is 0. The zero-order chi connectivity index (χ0) is 15.4. The van der Waals surface area contributed by atoms with Gasteiger partial charge in [-0.2, -0.15) is 0 Å². The predicted molar refractivity (Wildman–Crippen MR) is 90.4 cm³/mol. The number of benzene rings is 2. The summed E-state index contributed by atoms with van der Waals surface area (Å²) in [5.41, 5.74) is 4.03. The third-order valence-corrected chi connectivity index (χ3v) is 4.47. The second kappa shape index (κ2) is 6.91. The number of fused-ring (bicyclic) bond motifs is 1. The first-order valence-electron chi connectivity index (χ1n) is 7.91. The first kappa shape index (κ1) is 15.0. The minimum atomic E-state index is -0.382. The summed E-state index contributed by atoms with van der Waals surface area (Å²) >= 11 is 0. The van der Waals surface area contributed by atoms with E-state index in [0.29, 0.717) is 6.42 Å². The normalized spacial score (nSPS) is 17.0. The van der Waals surface area contributed by atoms with Crippen molar-refractivity contribution in [2.45, 2.75) is 38.1 Å². The van der Waals surface area contributed by atoms with Gasteiger partial charge in [-0.25, -0.2) is 0 Å². The van der Waals surface area contributed by atoms with Crippen LogP contribution in [0.5, 0.6) is 0 Å². The van der Waals surface area contributed by atoms with Crippen molar-refractivity contribution in [1.29, 1.82) is 0 Å². The largest absolute Gasteiger partial charge is 0.391 e. The Morgan fingerprint density at radius 3 is 2.18 bits per heavy atom. The first-order valence-corrected chi connectivity index (χ1v) is 7.91. The minimum Gasteiger partial charge on any atom is -0.391 e. The quantitative estimate of drug-likeness (QED) is 0.823. The van der Waals surface area contributed by atoms with Gasteiger partial charge in [-0.15, -0.1) is 6.58 Å². The van der Waals surface area contributed by atoms with Gasteiger partial charge in [-0.05, 0) is 29.5 Å². The molecular formula is C20H23NO. The van der Waals surface area contributed by atoms with E-state index in [9.17, 15) is 5.11 Å². The van der Waals surface area contributed by atoms with E-state index in [1.54, 1.807) is 0 Å². The van der Waals surface area contributed by atoms with Crippen LogP contribution in [0.25, 0.3) is 0 Å². The maximum absolute atomic E-state index is 10.6. The fourth-order valence-corrected chi connectivity index (χ4v) is 3.29. The summed E-state index contributed by atoms with van der Waals surface area (Å²) in [4.78, 5) is 2.39. The molecule has 1 N–H and O–H groups in total. The molecule has 1 heterocycles. The van der Waals surface area contributed by atoms with Gasteiger partial charge in [-0.1, -0.05) is 60.7 Å². The maximum Gasteiger partial charge on any atom is 0.0733 e. The number of rotatable bonds is 6. The van der Waals surface area contributed by atoms with Gasteiger partial charge in [0.2, 0.25) is 0 Å². The van der Waals surface area contributed by atoms with Crippen LogP contribution in [-0.4, -0.2) is 22.2 Å². The van der Waals surface area contributed by atoms with Crippen LogP contribution in [0.2, 0.25) is 0 Å². The minimum absolute atomic E-state index is 0.118. The van der Waals surface area contributed by atoms with E-state index in [2.05, 4.69) is 60.0 Å². The van der Waals surface area contributed by atoms with Crippen molar-refractivity contribution in [3.05, 3.63) is 83.9 Å². The highest BCUT2D eigenvalue weighted by Crippen LogP contribution is 2.27. The van der Waals surface area contributed by atoms with Crippen molar-refractivity contribution in [3.63, 3.8) is 0 Å². The van der Waals surface area contributed by atoms with Crippen LogP contribution in [0.15, 0.2) is 67.3 Å². The molecule has 1 aliphatic rings. The molecule has 2 aromatic carbocycles. The average Bonchev–Trinajstić information content (AvgIpc) is 2.97. The van der Waals surface area contributed by atoms with E-state index in [4.69, 9.17) is 0 Å². The SMILES string of the molecule is C=CC[C@H](O)[C@H](Cc1ccccc1)N1Cc2ccccc2C1. The van der Waals surface area contributed by atoms with Gasteiger partial charge < -0.3 is 5.11 Å². The Morgan fingerprint density at radius 1 is 1.00 bits per heavy atom. The molecule has 0 bridgehead atoms. The van der Waals surface area contributed by atoms with Crippen LogP contribution in [0.1, 0.15) is 23.1 Å². The molecule has 1 aliphatic heterocycles. The van der Waals surface area contributed by atoms with E-state index >= 15 is 0 Å². The number of aliphatic hydroxyl groups excluding tert-OH is 1. The summed E-state index contributed by atoms with van der Waals surface area (Å²) in [6.45, 7) is 5.61. The monoisotopic (exact) mass is 293 g/mol. The highest BCUT2D eigenvalue weighted by atomic mass is 16.3. The fourth-order valence-electron chi connectivity index (χ4n) is 3.29. The fraction of sp³-hybridized carbons (Fsp3) is 0.300. The van der Waals surface area contributed by atoms with Crippen LogP contribution in [-0.2, 0) is 19.5 Å². The second-order valence-corrected chi connectivity index (χ2v) is 6.02. The molecule has 2 nitrogen and oxygen atoms in total. The number of hydrogen-bond donors (Lipinski definition) is 1. The number of aliphatic hydroxyl groups is 1. The molecule has 0 saturated carbocycles. The van der Waals surface area contributed by atoms with Gasteiger partial charge in [0.05, 0.1) is 6.10 Å². The van der Waals surface area contributed by atoms with E-state index in [1.807, 2.05) is 12.1 Å². The Hall–Kier alpha value is -1.90. The zero-order valence-electron chi connectivity index (χ0n) is 12.9. The van der Waals surface area contributed by atoms with E-state index in [0.717, 1.165) is 19.5 Å². The molecule has 0 fully saturated rings. The number of nitrogens with zero attached hydrogens (tertiary/aromatic N) is 1. The van der Waals surface area contributed by atoms with Crippen LogP contribution in [0.3, 0.4) is 0 Å². The third kappa shape index (κ3) is 3.29. The molecule has 2 heteroatoms. The van der Waals surface area contributed by atoms with Crippen LogP contribution < -0.4 is 0 Å². The Bertz CT molecular complexity index is 598. The van der Waals surface area contributed by atoms with Gasteiger partial charge >= 0.3 is 0 Å². The Kier molecular flexibility index (Phi) is 4.71. The van der Waals surface area contributed by atoms with Gasteiger partial charge in [0, 0.05) is 19.1 Å². The lowest BCUT2D eigenvalue weighted by molar-refractivity contribution is 0.0485. The lowest BCUT2D eigenvalue weighted by Crippen LogP contribution is -2.42. The van der Waals surface area contributed by atoms with Gasteiger partial charge in [0.15, 0.2) is 0 Å². The summed E-state index contributed by atoms with van der Waals surface area (Å²) < 4.78 is 0. The molecular weight excluding hydrogens is 270 g/mol. The molecule has 22 heavy (non-hydrogen) atoms. The highest BCUT2D eigenvalue weighted by Gasteiger charge is 2.30. The highest BCUT2D eigenvalue weighted by molar-refractivity contribution is 5.31. The maximum atomic E-state index is 10.6. The topological polar surface area (TPSA) is 23.5 Å². The molecule has 0 saturated heterocycles. The zero-order valence-corrected chi connectivity index (χ0v) is 12.9. The summed E-state index contributed by atoms with van der Waals surface area (Å²) in [5.74, 6) is 0. The van der Waals surface area contributed by atoms with E-state index in [-0.39, 0.29) is 12.1 Å². The molecule has 0 amide bonds. The molecule has 2 aromatic rings. The van der Waals surface area contributed by atoms with Gasteiger partial charge in [0.25, 0.3) is 0 Å². The van der Waals surface area contributed by atoms with Crippen LogP contribution in [0, 0.1) is 0 Å². The van der Waals surface area contributed by atoms with Crippen molar-refractivity contribution in [2.75, 3.05) is 0 Å². The van der Waals surface area contributed by atoms with Crippen LogP contribution >= 0.6 is 0 Å². The lowest BCUT2D eigenvalue weighted by atomic mass is 9.98. The molecule has 0 radical (unpaired) electrons. The smallest absolute Gasteiger partial charge is 0.0733 e. The Labute approximate surface area is 132 Å². The van der Waals surface area contributed by atoms with Gasteiger partial charge in [-0.3, -0.25) is 4.90 Å². The molecule has 3 rings (SSSR count). The molecule has 0 spiro atoms. The molecule has 0 aliphatic carbocycles. The second-order valence-electron chi connectivity index (χ2n) is 6.02. The van der Waals surface area contributed by atoms with Gasteiger partial charge in [0.1, 0.15) is 0 Å². The Morgan fingerprint density at radius 2 is 1.59 bits per heavy atom. The van der Waals surface area contributed by atoms with Crippen LogP contribution in [0.4, 0.5) is 0 Å². The molecule has 2 atom stereocenters. The number of hydrogen-bond acceptors (Lipinski definition) is 2. The van der Waals surface area contributed by atoms with Crippen molar-refractivity contribution in [3.8, 4) is 0 Å². The summed E-state index contributed by atoms with van der Waals surface area (Å²) in [6.07, 6.45) is 2.92. The molecule has 0 aromatic heterocycles. The average molecular weight is 293 g/mol.